The lowest BCUT2D eigenvalue weighted by atomic mass is 10.1. The van der Waals surface area contributed by atoms with E-state index in [1.807, 2.05) is 0 Å². The predicted octanol–water partition coefficient (Wildman–Crippen LogP) is 8.33. The van der Waals surface area contributed by atoms with Crippen LogP contribution in [-0.2, 0) is 19.1 Å². The number of aryl methyl sites for hydroxylation is 1. The van der Waals surface area contributed by atoms with Crippen LogP contribution in [0.5, 0.6) is 0 Å². The molecule has 0 spiro atoms. The Morgan fingerprint density at radius 3 is 2.03 bits per heavy atom. The van der Waals surface area contributed by atoms with E-state index in [9.17, 15) is 18.4 Å². The van der Waals surface area contributed by atoms with Crippen molar-refractivity contribution < 1.29 is 17.7 Å². The second-order valence-corrected chi connectivity index (χ2v) is 8.87. The quantitative estimate of drug-likeness (QED) is 0.169. The number of alkyl halides is 3. The highest BCUT2D eigenvalue weighted by Crippen LogP contribution is 2.30. The fourth-order valence-corrected chi connectivity index (χ4v) is 3.89. The van der Waals surface area contributed by atoms with E-state index >= 15 is 0 Å². The molecule has 35 heavy (non-hydrogen) atoms. The number of anilines is 1. The Morgan fingerprint density at radius 2 is 1.43 bits per heavy atom. The van der Waals surface area contributed by atoms with Gasteiger partial charge in [-0.15, -0.1) is 0 Å². The number of nitrogens with zero attached hydrogens (tertiary/aromatic N) is 3. The predicted molar refractivity (Wildman–Crippen MR) is 132 cm³/mol. The summed E-state index contributed by atoms with van der Waals surface area (Å²) in [5.41, 5.74) is 0.862. The van der Waals surface area contributed by atoms with E-state index in [0.717, 1.165) is 42.5 Å². The molecule has 2 aromatic carbocycles. The molecule has 1 heterocycles. The van der Waals surface area contributed by atoms with Crippen molar-refractivity contribution in [1.82, 2.24) is 10.1 Å². The number of hydroxylamine groups is 1. The molecule has 8 heteroatoms. The SMILES string of the molecule is CCCCCCCCCCCc1noc(-c2ccc(CN([O-])c3ccc(C(F)(F)F)cc3)cc2)n1. The third-order valence-corrected chi connectivity index (χ3v) is 5.98. The van der Waals surface area contributed by atoms with Crippen LogP contribution < -0.4 is 5.06 Å². The molecule has 0 saturated carbocycles. The van der Waals surface area contributed by atoms with Crippen LogP contribution in [0, 0.1) is 5.21 Å². The molecular weight excluding hydrogens is 455 g/mol. The first-order valence-electron chi connectivity index (χ1n) is 12.4. The molecule has 0 saturated heterocycles. The van der Waals surface area contributed by atoms with Gasteiger partial charge in [-0.1, -0.05) is 75.6 Å². The van der Waals surface area contributed by atoms with E-state index in [0.29, 0.717) is 16.8 Å². The fraction of sp³-hybridized carbons (Fsp3) is 0.481. The largest absolute Gasteiger partial charge is 0.758 e. The molecule has 190 valence electrons. The van der Waals surface area contributed by atoms with E-state index in [4.69, 9.17) is 4.52 Å². The summed E-state index contributed by atoms with van der Waals surface area (Å²) < 4.78 is 43.5. The summed E-state index contributed by atoms with van der Waals surface area (Å²) in [6.07, 6.45) is 7.70. The summed E-state index contributed by atoms with van der Waals surface area (Å²) in [5.74, 6) is 1.13. The van der Waals surface area contributed by atoms with Crippen LogP contribution in [0.2, 0.25) is 0 Å². The summed E-state index contributed by atoms with van der Waals surface area (Å²) in [5, 5.41) is 17.1. The number of halogens is 3. The van der Waals surface area contributed by atoms with Gasteiger partial charge in [0.25, 0.3) is 5.89 Å². The van der Waals surface area contributed by atoms with Crippen molar-refractivity contribution >= 4 is 5.69 Å². The molecule has 0 N–H and O–H groups in total. The van der Waals surface area contributed by atoms with E-state index in [2.05, 4.69) is 17.1 Å². The maximum absolute atomic E-state index is 12.7. The van der Waals surface area contributed by atoms with Crippen LogP contribution in [0.1, 0.15) is 81.7 Å². The summed E-state index contributed by atoms with van der Waals surface area (Å²) in [7, 11) is 0. The Kier molecular flexibility index (Phi) is 10.1. The maximum Gasteiger partial charge on any atom is 0.416 e. The Bertz CT molecular complexity index is 1000. The lowest BCUT2D eigenvalue weighted by Crippen LogP contribution is -2.14. The van der Waals surface area contributed by atoms with Gasteiger partial charge in [0.1, 0.15) is 0 Å². The molecule has 0 bridgehead atoms. The highest BCUT2D eigenvalue weighted by atomic mass is 19.4. The molecule has 1 aromatic heterocycles. The lowest BCUT2D eigenvalue weighted by molar-refractivity contribution is -0.137. The Labute approximate surface area is 204 Å². The first kappa shape index (κ1) is 26.7. The smallest absolute Gasteiger partial charge is 0.416 e. The van der Waals surface area contributed by atoms with Crippen molar-refractivity contribution in [1.29, 1.82) is 0 Å². The topological polar surface area (TPSA) is 65.2 Å². The number of unbranched alkanes of at least 4 members (excludes halogenated alkanes) is 8. The van der Waals surface area contributed by atoms with Crippen LogP contribution in [0.3, 0.4) is 0 Å². The molecule has 0 aliphatic rings. The zero-order valence-corrected chi connectivity index (χ0v) is 20.2. The van der Waals surface area contributed by atoms with Gasteiger partial charge in [0.2, 0.25) is 0 Å². The summed E-state index contributed by atoms with van der Waals surface area (Å²) >= 11 is 0. The van der Waals surface area contributed by atoms with Crippen LogP contribution in [-0.4, -0.2) is 10.1 Å². The van der Waals surface area contributed by atoms with Crippen LogP contribution in [0.15, 0.2) is 53.1 Å². The van der Waals surface area contributed by atoms with Gasteiger partial charge in [-0.25, -0.2) is 0 Å². The monoisotopic (exact) mass is 488 g/mol. The summed E-state index contributed by atoms with van der Waals surface area (Å²) in [6.45, 7) is 2.25. The van der Waals surface area contributed by atoms with Crippen molar-refractivity contribution in [2.24, 2.45) is 0 Å². The number of aromatic nitrogens is 2. The fourth-order valence-electron chi connectivity index (χ4n) is 3.89. The Morgan fingerprint density at radius 1 is 0.829 bits per heavy atom. The minimum atomic E-state index is -4.43. The number of benzene rings is 2. The Hall–Kier alpha value is -2.87. The maximum atomic E-state index is 12.7. The van der Waals surface area contributed by atoms with Crippen LogP contribution in [0.25, 0.3) is 11.5 Å². The van der Waals surface area contributed by atoms with Gasteiger partial charge in [-0.3, -0.25) is 0 Å². The molecule has 0 aliphatic carbocycles. The van der Waals surface area contributed by atoms with E-state index < -0.39 is 11.7 Å². The van der Waals surface area contributed by atoms with E-state index in [1.165, 1.54) is 57.1 Å². The second-order valence-electron chi connectivity index (χ2n) is 8.87. The minimum Gasteiger partial charge on any atom is -0.758 e. The molecule has 0 aliphatic heterocycles. The number of hydrogen-bond donors (Lipinski definition) is 0. The molecule has 3 aromatic rings. The molecule has 0 unspecified atom stereocenters. The van der Waals surface area contributed by atoms with E-state index in [-0.39, 0.29) is 12.2 Å². The van der Waals surface area contributed by atoms with Gasteiger partial charge in [0.05, 0.1) is 5.56 Å². The van der Waals surface area contributed by atoms with Crippen molar-refractivity contribution in [3.8, 4) is 11.5 Å². The van der Waals surface area contributed by atoms with Crippen molar-refractivity contribution in [2.75, 3.05) is 5.06 Å². The molecule has 3 rings (SSSR count). The molecule has 0 amide bonds. The highest BCUT2D eigenvalue weighted by Gasteiger charge is 2.29. The van der Waals surface area contributed by atoms with Crippen LogP contribution in [0.4, 0.5) is 18.9 Å². The third kappa shape index (κ3) is 8.69. The molecular formula is C27H33F3N3O2-. The van der Waals surface area contributed by atoms with Gasteiger partial charge in [0.15, 0.2) is 5.82 Å². The highest BCUT2D eigenvalue weighted by molar-refractivity contribution is 5.54. The van der Waals surface area contributed by atoms with Gasteiger partial charge in [-0.2, -0.15) is 18.2 Å². The molecule has 0 radical (unpaired) electrons. The minimum absolute atomic E-state index is 0.0132. The standard InChI is InChI=1S/C27H33F3N3O2/c1-2-3-4-5-6-7-8-9-10-11-25-31-26(35-32-25)22-14-12-21(13-15-22)20-33(34)24-18-16-23(17-19-24)27(28,29)30/h12-19H,2-11,20H2,1H3/q-1. The zero-order valence-electron chi connectivity index (χ0n) is 20.2. The normalized spacial score (nSPS) is 11.7. The number of hydrogen-bond acceptors (Lipinski definition) is 5. The zero-order chi connectivity index (χ0) is 25.1. The Balaban J connectivity index is 1.43. The van der Waals surface area contributed by atoms with Crippen LogP contribution >= 0.6 is 0 Å². The van der Waals surface area contributed by atoms with Crippen molar-refractivity contribution in [3.63, 3.8) is 0 Å². The van der Waals surface area contributed by atoms with Gasteiger partial charge >= 0.3 is 6.18 Å². The second kappa shape index (κ2) is 13.3. The first-order valence-corrected chi connectivity index (χ1v) is 12.4. The average molecular weight is 489 g/mol. The van der Waals surface area contributed by atoms with Crippen molar-refractivity contribution in [3.05, 3.63) is 70.7 Å². The summed E-state index contributed by atoms with van der Waals surface area (Å²) in [4.78, 5) is 4.47. The average Bonchev–Trinajstić information content (AvgIpc) is 3.32. The van der Waals surface area contributed by atoms with E-state index in [1.54, 1.807) is 24.3 Å². The molecule has 5 nitrogen and oxygen atoms in total. The number of rotatable bonds is 14. The molecule has 0 atom stereocenters. The lowest BCUT2D eigenvalue weighted by Gasteiger charge is -2.31. The first-order chi connectivity index (χ1) is 16.9. The van der Waals surface area contributed by atoms with Crippen molar-refractivity contribution in [2.45, 2.75) is 83.9 Å². The van der Waals surface area contributed by atoms with Gasteiger partial charge < -0.3 is 14.8 Å². The van der Waals surface area contributed by atoms with Gasteiger partial charge in [0, 0.05) is 24.2 Å². The third-order valence-electron chi connectivity index (χ3n) is 5.98. The molecule has 0 fully saturated rings. The van der Waals surface area contributed by atoms with Gasteiger partial charge in [-0.05, 0) is 48.4 Å². The summed E-state index contributed by atoms with van der Waals surface area (Å²) in [6, 6.07) is 11.3.